The molecule has 0 aromatic rings. The second-order valence-electron chi connectivity index (χ2n) is 5.48. The maximum atomic E-state index is 8.90. The minimum atomic E-state index is -0.560. The zero-order valence-electron chi connectivity index (χ0n) is 16.3. The Hall–Kier alpha value is -0.320. The van der Waals surface area contributed by atoms with Crippen LogP contribution >= 0.6 is 0 Å². The number of hydrogen-bond donors (Lipinski definition) is 7. The van der Waals surface area contributed by atoms with Gasteiger partial charge in [-0.15, -0.1) is 0 Å². The molecule has 0 fully saturated rings. The summed E-state index contributed by atoms with van der Waals surface area (Å²) in [7, 11) is 0. The van der Waals surface area contributed by atoms with Crippen LogP contribution in [0.1, 0.15) is 47.0 Å². The molecule has 0 spiro atoms. The fourth-order valence-corrected chi connectivity index (χ4v) is 0.961. The van der Waals surface area contributed by atoms with E-state index in [9.17, 15) is 0 Å². The van der Waals surface area contributed by atoms with Gasteiger partial charge >= 0.3 is 0 Å². The molecule has 3 unspecified atom stereocenters. The zero-order chi connectivity index (χ0) is 20.5. The third kappa shape index (κ3) is 59.5. The molecule has 0 bridgehead atoms. The molecule has 0 saturated heterocycles. The predicted molar refractivity (Wildman–Crippen MR) is 98.3 cm³/mol. The third-order valence-electron chi connectivity index (χ3n) is 2.61. The fourth-order valence-electron chi connectivity index (χ4n) is 0.961. The molecule has 7 N–H and O–H groups in total. The monoisotopic (exact) mass is 374 g/mol. The van der Waals surface area contributed by atoms with Gasteiger partial charge < -0.3 is 40.5 Å². The highest BCUT2D eigenvalue weighted by Gasteiger charge is 2.00. The minimum Gasteiger partial charge on any atom is -0.394 e. The van der Waals surface area contributed by atoms with Crippen LogP contribution in [0.4, 0.5) is 0 Å². The molecule has 8 nitrogen and oxygen atoms in total. The van der Waals surface area contributed by atoms with Crippen molar-refractivity contribution >= 4 is 0 Å². The van der Waals surface area contributed by atoms with Crippen molar-refractivity contribution in [1.29, 1.82) is 0 Å². The summed E-state index contributed by atoms with van der Waals surface area (Å²) >= 11 is 0. The van der Waals surface area contributed by atoms with Gasteiger partial charge in [-0.05, 0) is 32.6 Å². The van der Waals surface area contributed by atoms with E-state index >= 15 is 0 Å². The molecular weight excluding hydrogens is 332 g/mol. The second-order valence-corrected chi connectivity index (χ2v) is 5.48. The smallest absolute Gasteiger partial charge is 0.0742 e. The Balaban J connectivity index is -0.000000123. The Morgan fingerprint density at radius 3 is 1.28 bits per heavy atom. The van der Waals surface area contributed by atoms with Crippen molar-refractivity contribution in [2.24, 2.45) is 5.92 Å². The molecule has 0 aromatic heterocycles. The molecule has 0 amide bonds. The average molecular weight is 375 g/mol. The summed E-state index contributed by atoms with van der Waals surface area (Å²) in [6, 6.07) is 0. The molecule has 0 aliphatic heterocycles. The molecule has 0 heterocycles. The topological polar surface area (TPSA) is 151 Å². The lowest BCUT2D eigenvalue weighted by atomic mass is 10.0. The van der Waals surface area contributed by atoms with Gasteiger partial charge in [0, 0.05) is 0 Å². The maximum Gasteiger partial charge on any atom is 0.0742 e. The first kappa shape index (κ1) is 32.4. The molecule has 0 rings (SSSR count). The van der Waals surface area contributed by atoms with E-state index in [1.165, 1.54) is 13.3 Å². The van der Waals surface area contributed by atoms with E-state index in [1.807, 2.05) is 6.92 Å². The van der Waals surface area contributed by atoms with Gasteiger partial charge in [0.15, 0.2) is 0 Å². The lowest BCUT2D eigenvalue weighted by Gasteiger charge is -2.08. The van der Waals surface area contributed by atoms with Gasteiger partial charge in [0.25, 0.3) is 0 Å². The van der Waals surface area contributed by atoms with E-state index in [4.69, 9.17) is 35.7 Å². The van der Waals surface area contributed by atoms with E-state index in [2.05, 4.69) is 18.6 Å². The first-order valence-electron chi connectivity index (χ1n) is 8.75. The number of ether oxygens (including phenoxy) is 1. The number of hydrogen-bond acceptors (Lipinski definition) is 8. The summed E-state index contributed by atoms with van der Waals surface area (Å²) in [6.45, 7) is 8.10. The number of aliphatic hydroxyl groups excluding tert-OH is 7. The van der Waals surface area contributed by atoms with Crippen molar-refractivity contribution in [2.45, 2.75) is 59.2 Å². The number of rotatable bonds is 10. The van der Waals surface area contributed by atoms with Gasteiger partial charge in [-0.2, -0.15) is 0 Å². The molecule has 0 radical (unpaired) electrons. The van der Waals surface area contributed by atoms with Crippen LogP contribution < -0.4 is 0 Å². The highest BCUT2D eigenvalue weighted by Crippen LogP contribution is 2.10. The summed E-state index contributed by atoms with van der Waals surface area (Å²) in [5.41, 5.74) is 0. The van der Waals surface area contributed by atoms with Crippen molar-refractivity contribution in [1.82, 2.24) is 0 Å². The lowest BCUT2D eigenvalue weighted by Crippen LogP contribution is -2.03. The summed E-state index contributed by atoms with van der Waals surface area (Å²) in [4.78, 5) is 0. The van der Waals surface area contributed by atoms with Gasteiger partial charge in [0.2, 0.25) is 0 Å². The molecule has 0 aliphatic carbocycles. The van der Waals surface area contributed by atoms with Crippen molar-refractivity contribution in [2.75, 3.05) is 46.2 Å². The first-order chi connectivity index (χ1) is 11.8. The van der Waals surface area contributed by atoms with Crippen LogP contribution in [0.15, 0.2) is 0 Å². The summed E-state index contributed by atoms with van der Waals surface area (Å²) in [6.07, 6.45) is 2.67. The third-order valence-corrected chi connectivity index (χ3v) is 2.61. The van der Waals surface area contributed by atoms with Crippen LogP contribution in [-0.4, -0.2) is 94.2 Å². The van der Waals surface area contributed by atoms with E-state index in [0.29, 0.717) is 13.2 Å². The van der Waals surface area contributed by atoms with Crippen LogP contribution in [0.5, 0.6) is 0 Å². The first-order valence-corrected chi connectivity index (χ1v) is 8.75. The van der Waals surface area contributed by atoms with Crippen molar-refractivity contribution in [3.63, 3.8) is 0 Å². The van der Waals surface area contributed by atoms with Gasteiger partial charge in [-0.1, -0.05) is 20.3 Å². The Labute approximate surface area is 152 Å². The molecular formula is C17H42O8. The molecule has 3 atom stereocenters. The van der Waals surface area contributed by atoms with Crippen LogP contribution in [0.2, 0.25) is 0 Å². The molecule has 8 heteroatoms. The minimum absolute atomic E-state index is 0.0278. The Morgan fingerprint density at radius 2 is 1.08 bits per heavy atom. The SMILES string of the molecule is CC(O)CO.CCC(C)CCC(C)O.OCCO.OCCOCCO. The standard InChI is InChI=1S/C8H18O.C4H10O3.C3H8O2.C2H6O2/c1-4-7(2)5-6-8(3)9;5-1-3-7-4-2-6;1-3(5)2-4;3-1-2-4/h7-9H,4-6H2,1-3H3;5-6H,1-4H2;3-5H,2H2,1H3;3-4H,1-2H2. The maximum absolute atomic E-state index is 8.90. The van der Waals surface area contributed by atoms with Crippen LogP contribution in [0, 0.1) is 5.92 Å². The van der Waals surface area contributed by atoms with Crippen molar-refractivity contribution in [3.05, 3.63) is 0 Å². The fraction of sp³-hybridized carbons (Fsp3) is 1.00. The summed E-state index contributed by atoms with van der Waals surface area (Å²) in [5, 5.41) is 56.3. The average Bonchev–Trinajstić information content (AvgIpc) is 2.61. The van der Waals surface area contributed by atoms with Crippen molar-refractivity contribution in [3.8, 4) is 0 Å². The Morgan fingerprint density at radius 1 is 0.680 bits per heavy atom. The van der Waals surface area contributed by atoms with Crippen LogP contribution in [-0.2, 0) is 4.74 Å². The van der Waals surface area contributed by atoms with Crippen LogP contribution in [0.3, 0.4) is 0 Å². The highest BCUT2D eigenvalue weighted by molar-refractivity contribution is 4.53. The normalized spacial score (nSPS) is 13.1. The quantitative estimate of drug-likeness (QED) is 0.253. The largest absolute Gasteiger partial charge is 0.394 e. The van der Waals surface area contributed by atoms with E-state index < -0.39 is 6.10 Å². The van der Waals surface area contributed by atoms with E-state index in [0.717, 1.165) is 18.8 Å². The Kier molecular flexibility index (Phi) is 40.7. The summed E-state index contributed by atoms with van der Waals surface area (Å²) < 4.78 is 4.63. The molecule has 158 valence electrons. The number of aliphatic hydroxyl groups is 7. The Bertz CT molecular complexity index is 185. The van der Waals surface area contributed by atoms with E-state index in [-0.39, 0.29) is 39.1 Å². The van der Waals surface area contributed by atoms with Gasteiger partial charge in [0.05, 0.1) is 58.5 Å². The van der Waals surface area contributed by atoms with Gasteiger partial charge in [-0.25, -0.2) is 0 Å². The van der Waals surface area contributed by atoms with Gasteiger partial charge in [0.1, 0.15) is 0 Å². The van der Waals surface area contributed by atoms with Crippen LogP contribution in [0.25, 0.3) is 0 Å². The molecule has 0 saturated carbocycles. The molecule has 0 aliphatic rings. The molecule has 0 aromatic carbocycles. The predicted octanol–water partition coefficient (Wildman–Crippen LogP) is -0.488. The zero-order valence-corrected chi connectivity index (χ0v) is 16.3. The molecule has 25 heavy (non-hydrogen) atoms. The highest BCUT2D eigenvalue weighted by atomic mass is 16.5. The van der Waals surface area contributed by atoms with Gasteiger partial charge in [-0.3, -0.25) is 0 Å². The van der Waals surface area contributed by atoms with Crippen molar-refractivity contribution < 1.29 is 40.5 Å². The second kappa shape index (κ2) is 31.4. The summed E-state index contributed by atoms with van der Waals surface area (Å²) in [5.74, 6) is 0.777. The van der Waals surface area contributed by atoms with E-state index in [1.54, 1.807) is 0 Å². The lowest BCUT2D eigenvalue weighted by molar-refractivity contribution is 0.0650.